The maximum absolute atomic E-state index is 11.2. The van der Waals surface area contributed by atoms with Crippen LogP contribution in [0, 0.1) is 17.2 Å². The van der Waals surface area contributed by atoms with Crippen LogP contribution >= 0.6 is 0 Å². The third-order valence-corrected chi connectivity index (χ3v) is 2.31. The van der Waals surface area contributed by atoms with Crippen molar-refractivity contribution < 1.29 is 9.59 Å². The number of hydrogen-bond donors (Lipinski definition) is 0. The van der Waals surface area contributed by atoms with Crippen LogP contribution in [0.2, 0.25) is 0 Å². The predicted molar refractivity (Wildman–Crippen MR) is 45.6 cm³/mol. The number of piperidine rings is 1. The van der Waals surface area contributed by atoms with E-state index in [-0.39, 0.29) is 30.6 Å². The fourth-order valence-corrected chi connectivity index (χ4v) is 1.33. The maximum Gasteiger partial charge on any atom is 0.237 e. The summed E-state index contributed by atoms with van der Waals surface area (Å²) in [5.41, 5.74) is 0. The van der Waals surface area contributed by atoms with Crippen molar-refractivity contribution >= 4 is 11.7 Å². The van der Waals surface area contributed by atoms with Gasteiger partial charge in [-0.05, 0) is 6.42 Å². The van der Waals surface area contributed by atoms with Crippen molar-refractivity contribution in [1.82, 2.24) is 4.90 Å². The molecule has 0 aliphatic carbocycles. The van der Waals surface area contributed by atoms with E-state index < -0.39 is 0 Å². The molecule has 0 spiro atoms. The molecule has 1 rings (SSSR count). The Morgan fingerprint density at radius 1 is 1.77 bits per heavy atom. The number of carbonyl (C=O) groups excluding carboxylic acids is 2. The lowest BCUT2D eigenvalue weighted by Gasteiger charge is -2.28. The highest BCUT2D eigenvalue weighted by atomic mass is 16.2. The Balaban J connectivity index is 2.51. The Labute approximate surface area is 77.1 Å². The number of nitriles is 1. The summed E-state index contributed by atoms with van der Waals surface area (Å²) in [6, 6.07) is 1.79. The first-order chi connectivity index (χ1) is 6.15. The summed E-state index contributed by atoms with van der Waals surface area (Å²) < 4.78 is 0. The molecule has 13 heavy (non-hydrogen) atoms. The quantitative estimate of drug-likeness (QED) is 0.584. The van der Waals surface area contributed by atoms with Crippen molar-refractivity contribution in [2.75, 3.05) is 13.1 Å². The van der Waals surface area contributed by atoms with E-state index in [0.717, 1.165) is 6.42 Å². The number of carbonyl (C=O) groups is 2. The number of hydrogen-bond acceptors (Lipinski definition) is 3. The van der Waals surface area contributed by atoms with Gasteiger partial charge in [0, 0.05) is 12.5 Å². The molecule has 1 amide bonds. The van der Waals surface area contributed by atoms with E-state index in [9.17, 15) is 9.59 Å². The van der Waals surface area contributed by atoms with E-state index in [0.29, 0.717) is 6.54 Å². The summed E-state index contributed by atoms with van der Waals surface area (Å²) in [5, 5.41) is 8.30. The minimum atomic E-state index is -0.234. The van der Waals surface area contributed by atoms with Gasteiger partial charge in [0.1, 0.15) is 6.42 Å². The molecule has 0 radical (unpaired) electrons. The van der Waals surface area contributed by atoms with Crippen molar-refractivity contribution in [1.29, 1.82) is 5.26 Å². The molecular formula is C9H12N2O2. The largest absolute Gasteiger partial charge is 0.334 e. The molecule has 0 N–H and O–H groups in total. The Morgan fingerprint density at radius 2 is 2.46 bits per heavy atom. The van der Waals surface area contributed by atoms with E-state index in [1.54, 1.807) is 6.07 Å². The number of rotatable bonds is 1. The fourth-order valence-electron chi connectivity index (χ4n) is 1.33. The lowest BCUT2D eigenvalue weighted by molar-refractivity contribution is -0.138. The molecule has 70 valence electrons. The van der Waals surface area contributed by atoms with Crippen molar-refractivity contribution in [2.24, 2.45) is 5.92 Å². The molecule has 4 heteroatoms. The van der Waals surface area contributed by atoms with Gasteiger partial charge in [-0.3, -0.25) is 9.59 Å². The molecule has 0 aromatic rings. The molecule has 4 nitrogen and oxygen atoms in total. The van der Waals surface area contributed by atoms with Crippen LogP contribution in [0.5, 0.6) is 0 Å². The first-order valence-corrected chi connectivity index (χ1v) is 4.32. The number of nitrogens with zero attached hydrogens (tertiary/aromatic N) is 2. The summed E-state index contributed by atoms with van der Waals surface area (Å²) >= 11 is 0. The number of ketones is 1. The third-order valence-electron chi connectivity index (χ3n) is 2.31. The van der Waals surface area contributed by atoms with Gasteiger partial charge in [-0.15, -0.1) is 0 Å². The molecule has 1 fully saturated rings. The van der Waals surface area contributed by atoms with Gasteiger partial charge in [0.25, 0.3) is 0 Å². The van der Waals surface area contributed by atoms with Crippen LogP contribution in [0.15, 0.2) is 0 Å². The van der Waals surface area contributed by atoms with Gasteiger partial charge in [-0.1, -0.05) is 6.92 Å². The smallest absolute Gasteiger partial charge is 0.237 e. The van der Waals surface area contributed by atoms with Crippen molar-refractivity contribution in [3.8, 4) is 6.07 Å². The average Bonchev–Trinajstić information content (AvgIpc) is 2.10. The molecule has 0 bridgehead atoms. The average molecular weight is 180 g/mol. The Hall–Kier alpha value is -1.37. The molecule has 1 unspecified atom stereocenters. The highest BCUT2D eigenvalue weighted by Gasteiger charge is 2.26. The zero-order valence-electron chi connectivity index (χ0n) is 7.62. The summed E-state index contributed by atoms with van der Waals surface area (Å²) in [6.07, 6.45) is 0.595. The van der Waals surface area contributed by atoms with Crippen LogP contribution in [0.4, 0.5) is 0 Å². The zero-order chi connectivity index (χ0) is 9.84. The fraction of sp³-hybridized carbons (Fsp3) is 0.667. The highest BCUT2D eigenvalue weighted by Crippen LogP contribution is 2.13. The summed E-state index contributed by atoms with van der Waals surface area (Å²) in [4.78, 5) is 23.9. The highest BCUT2D eigenvalue weighted by molar-refractivity contribution is 5.89. The van der Waals surface area contributed by atoms with E-state index in [4.69, 9.17) is 5.26 Å². The van der Waals surface area contributed by atoms with Crippen molar-refractivity contribution in [3.63, 3.8) is 0 Å². The van der Waals surface area contributed by atoms with E-state index in [1.807, 2.05) is 6.92 Å². The SMILES string of the molecule is CC1CCN(C(=O)CC#N)CC1=O. The first-order valence-electron chi connectivity index (χ1n) is 4.32. The molecule has 1 heterocycles. The second-order valence-electron chi connectivity index (χ2n) is 3.31. The van der Waals surface area contributed by atoms with E-state index in [1.165, 1.54) is 4.90 Å². The second-order valence-corrected chi connectivity index (χ2v) is 3.31. The van der Waals surface area contributed by atoms with Crippen LogP contribution in [-0.4, -0.2) is 29.7 Å². The molecule has 0 aromatic carbocycles. The van der Waals surface area contributed by atoms with Gasteiger partial charge in [0.05, 0.1) is 12.6 Å². The van der Waals surface area contributed by atoms with Gasteiger partial charge in [-0.2, -0.15) is 5.26 Å². The summed E-state index contributed by atoms with van der Waals surface area (Å²) in [6.45, 7) is 2.66. The van der Waals surface area contributed by atoms with E-state index >= 15 is 0 Å². The molecular weight excluding hydrogens is 168 g/mol. The topological polar surface area (TPSA) is 61.2 Å². The first kappa shape index (κ1) is 9.72. The van der Waals surface area contributed by atoms with E-state index in [2.05, 4.69) is 0 Å². The second kappa shape index (κ2) is 4.04. The summed E-state index contributed by atoms with van der Waals surface area (Å²) in [7, 11) is 0. The van der Waals surface area contributed by atoms with Crippen LogP contribution in [0.1, 0.15) is 19.8 Å². The van der Waals surface area contributed by atoms with Gasteiger partial charge < -0.3 is 4.90 Å². The monoisotopic (exact) mass is 180 g/mol. The third kappa shape index (κ3) is 2.28. The Morgan fingerprint density at radius 3 is 3.00 bits per heavy atom. The summed E-state index contributed by atoms with van der Waals surface area (Å²) in [5.74, 6) is -0.0774. The van der Waals surface area contributed by atoms with Crippen molar-refractivity contribution in [2.45, 2.75) is 19.8 Å². The molecule has 1 aliphatic heterocycles. The lowest BCUT2D eigenvalue weighted by Crippen LogP contribution is -2.43. The lowest BCUT2D eigenvalue weighted by atomic mass is 9.97. The van der Waals surface area contributed by atoms with Crippen molar-refractivity contribution in [3.05, 3.63) is 0 Å². The van der Waals surface area contributed by atoms with Crippen LogP contribution < -0.4 is 0 Å². The van der Waals surface area contributed by atoms with Gasteiger partial charge in [0.2, 0.25) is 5.91 Å². The van der Waals surface area contributed by atoms with Crippen LogP contribution in [0.3, 0.4) is 0 Å². The van der Waals surface area contributed by atoms with Crippen LogP contribution in [0.25, 0.3) is 0 Å². The minimum absolute atomic E-state index is 0.0612. The zero-order valence-corrected chi connectivity index (χ0v) is 7.62. The van der Waals surface area contributed by atoms with Gasteiger partial charge in [-0.25, -0.2) is 0 Å². The standard InChI is InChI=1S/C9H12N2O2/c1-7-3-5-11(6-8(7)12)9(13)2-4-10/h7H,2-3,5-6H2,1H3. The minimum Gasteiger partial charge on any atom is -0.334 e. The Bertz CT molecular complexity index is 267. The number of Topliss-reactive ketones (excluding diaryl/α,β-unsaturated/α-hetero) is 1. The molecule has 0 aromatic heterocycles. The molecule has 1 atom stereocenters. The maximum atomic E-state index is 11.2. The number of amides is 1. The molecule has 0 saturated carbocycles. The predicted octanol–water partition coefficient (Wildman–Crippen LogP) is 0.338. The molecule has 1 saturated heterocycles. The van der Waals surface area contributed by atoms with Crippen LogP contribution in [-0.2, 0) is 9.59 Å². The normalized spacial score (nSPS) is 22.6. The molecule has 1 aliphatic rings. The Kier molecular flexibility index (Phi) is 3.02. The van der Waals surface area contributed by atoms with Gasteiger partial charge in [0.15, 0.2) is 5.78 Å². The van der Waals surface area contributed by atoms with Gasteiger partial charge >= 0.3 is 0 Å². The number of likely N-dealkylation sites (tertiary alicyclic amines) is 1.